The smallest absolute Gasteiger partial charge is 0.255 e. The number of hydrogen-bond acceptors (Lipinski definition) is 5. The molecule has 1 amide bonds. The monoisotopic (exact) mass is 412 g/mol. The normalized spacial score (nSPS) is 27.2. The van der Waals surface area contributed by atoms with Crippen LogP contribution in [0.2, 0.25) is 0 Å². The van der Waals surface area contributed by atoms with E-state index in [4.69, 9.17) is 19.9 Å². The Morgan fingerprint density at radius 3 is 2.25 bits per heavy atom. The second-order valence-electron chi connectivity index (χ2n) is 8.63. The van der Waals surface area contributed by atoms with Crippen LogP contribution in [0.15, 0.2) is 12.1 Å². The Labute approximate surface area is 173 Å². The molecule has 2 aliphatic carbocycles. The number of amides is 1. The Morgan fingerprint density at radius 2 is 1.82 bits per heavy atom. The molecule has 1 aromatic rings. The van der Waals surface area contributed by atoms with Crippen LogP contribution in [0.5, 0.6) is 17.2 Å². The van der Waals surface area contributed by atoms with E-state index in [-0.39, 0.29) is 19.0 Å². The van der Waals surface area contributed by atoms with Gasteiger partial charge in [0, 0.05) is 12.6 Å². The number of methoxy groups -OCH3 is 2. The number of nitrogens with one attached hydrogen (secondary N) is 1. The van der Waals surface area contributed by atoms with Gasteiger partial charge in [-0.1, -0.05) is 20.8 Å². The van der Waals surface area contributed by atoms with Gasteiger partial charge in [0.05, 0.1) is 14.2 Å². The fourth-order valence-corrected chi connectivity index (χ4v) is 5.08. The minimum absolute atomic E-state index is 0. The standard InChI is InChI=1S/C21H32N2O4.ClH/c1-20(2)14-6-7-21(20,3)17(10-14)23-11-13-8-15(25-4)19(16(9-13)26-5)27-12-18(22)24;/h8-9,14,17,23H,6-7,10-12H2,1-5H3,(H2,22,24);1H. The zero-order valence-corrected chi connectivity index (χ0v) is 18.3. The lowest BCUT2D eigenvalue weighted by Gasteiger charge is -2.39. The lowest BCUT2D eigenvalue weighted by atomic mass is 9.69. The summed E-state index contributed by atoms with van der Waals surface area (Å²) in [6.45, 7) is 7.78. The van der Waals surface area contributed by atoms with E-state index >= 15 is 0 Å². The molecule has 2 aliphatic rings. The molecule has 0 radical (unpaired) electrons. The Bertz CT molecular complexity index is 699. The number of carbonyl (C=O) groups excluding carboxylic acids is 1. The third-order valence-corrected chi connectivity index (χ3v) is 7.23. The van der Waals surface area contributed by atoms with E-state index in [2.05, 4.69) is 26.1 Å². The number of benzene rings is 1. The van der Waals surface area contributed by atoms with Crippen molar-refractivity contribution in [3.8, 4) is 17.2 Å². The van der Waals surface area contributed by atoms with Gasteiger partial charge in [0.1, 0.15) is 0 Å². The van der Waals surface area contributed by atoms with Gasteiger partial charge >= 0.3 is 0 Å². The Kier molecular flexibility index (Phi) is 6.77. The maximum absolute atomic E-state index is 11.0. The Balaban J connectivity index is 0.00000280. The molecule has 7 heteroatoms. The lowest BCUT2D eigenvalue weighted by molar-refractivity contribution is -0.120. The number of rotatable bonds is 8. The van der Waals surface area contributed by atoms with Crippen molar-refractivity contribution in [3.05, 3.63) is 17.7 Å². The molecular formula is C21H33ClN2O4. The molecule has 1 aromatic carbocycles. The summed E-state index contributed by atoms with van der Waals surface area (Å²) in [4.78, 5) is 11.0. The number of primary amides is 1. The van der Waals surface area contributed by atoms with E-state index in [9.17, 15) is 4.79 Å². The van der Waals surface area contributed by atoms with Gasteiger partial charge in [-0.05, 0) is 53.7 Å². The summed E-state index contributed by atoms with van der Waals surface area (Å²) in [7, 11) is 3.14. The molecule has 0 aromatic heterocycles. The number of nitrogens with two attached hydrogens (primary N) is 1. The summed E-state index contributed by atoms with van der Waals surface area (Å²) in [6, 6.07) is 4.35. The van der Waals surface area contributed by atoms with Gasteiger partial charge in [0.25, 0.3) is 5.91 Å². The SMILES string of the molecule is COc1cc(CNC2CC3CCC2(C)C3(C)C)cc(OC)c1OCC(N)=O.Cl. The molecule has 2 saturated carbocycles. The van der Waals surface area contributed by atoms with Crippen LogP contribution in [-0.2, 0) is 11.3 Å². The molecule has 158 valence electrons. The van der Waals surface area contributed by atoms with Crippen LogP contribution in [0.3, 0.4) is 0 Å². The van der Waals surface area contributed by atoms with Crippen molar-refractivity contribution in [1.82, 2.24) is 5.32 Å². The fraction of sp³-hybridized carbons (Fsp3) is 0.667. The topological polar surface area (TPSA) is 82.8 Å². The molecule has 0 saturated heterocycles. The van der Waals surface area contributed by atoms with Gasteiger partial charge in [-0.15, -0.1) is 12.4 Å². The zero-order chi connectivity index (χ0) is 19.8. The molecule has 0 heterocycles. The second-order valence-corrected chi connectivity index (χ2v) is 8.63. The van der Waals surface area contributed by atoms with Crippen LogP contribution < -0.4 is 25.3 Å². The van der Waals surface area contributed by atoms with Gasteiger partial charge in [-0.25, -0.2) is 0 Å². The van der Waals surface area contributed by atoms with Crippen molar-refractivity contribution in [2.45, 2.75) is 52.6 Å². The average Bonchev–Trinajstić information content (AvgIpc) is 2.97. The van der Waals surface area contributed by atoms with E-state index in [0.29, 0.717) is 34.1 Å². The highest BCUT2D eigenvalue weighted by Gasteiger charge is 2.60. The minimum Gasteiger partial charge on any atom is -0.493 e. The first-order valence-corrected chi connectivity index (χ1v) is 9.62. The maximum Gasteiger partial charge on any atom is 0.255 e. The molecule has 3 unspecified atom stereocenters. The van der Waals surface area contributed by atoms with Crippen LogP contribution in [0.4, 0.5) is 0 Å². The van der Waals surface area contributed by atoms with Crippen LogP contribution in [-0.4, -0.2) is 32.8 Å². The molecule has 0 aliphatic heterocycles. The van der Waals surface area contributed by atoms with Gasteiger partial charge in [-0.3, -0.25) is 4.79 Å². The van der Waals surface area contributed by atoms with Gasteiger partial charge in [-0.2, -0.15) is 0 Å². The summed E-state index contributed by atoms with van der Waals surface area (Å²) < 4.78 is 16.4. The first kappa shape index (κ1) is 22.6. The number of hydrogen-bond donors (Lipinski definition) is 2. The predicted molar refractivity (Wildman–Crippen MR) is 111 cm³/mol. The van der Waals surface area contributed by atoms with E-state index < -0.39 is 5.91 Å². The van der Waals surface area contributed by atoms with E-state index in [1.807, 2.05) is 12.1 Å². The van der Waals surface area contributed by atoms with Crippen LogP contribution >= 0.6 is 12.4 Å². The molecule has 0 spiro atoms. The quantitative estimate of drug-likeness (QED) is 0.684. The van der Waals surface area contributed by atoms with Crippen molar-refractivity contribution in [2.75, 3.05) is 20.8 Å². The largest absolute Gasteiger partial charge is 0.493 e. The van der Waals surface area contributed by atoms with Crippen molar-refractivity contribution in [3.63, 3.8) is 0 Å². The molecule has 3 atom stereocenters. The van der Waals surface area contributed by atoms with Crippen molar-refractivity contribution >= 4 is 18.3 Å². The highest BCUT2D eigenvalue weighted by Crippen LogP contribution is 2.65. The van der Waals surface area contributed by atoms with Crippen molar-refractivity contribution < 1.29 is 19.0 Å². The highest BCUT2D eigenvalue weighted by molar-refractivity contribution is 5.85. The molecule has 6 nitrogen and oxygen atoms in total. The van der Waals surface area contributed by atoms with Crippen LogP contribution in [0.1, 0.15) is 45.6 Å². The van der Waals surface area contributed by atoms with Gasteiger partial charge < -0.3 is 25.3 Å². The number of ether oxygens (including phenoxy) is 3. The predicted octanol–water partition coefficient (Wildman–Crippen LogP) is 3.29. The summed E-state index contributed by atoms with van der Waals surface area (Å²) in [5.41, 5.74) is 6.95. The summed E-state index contributed by atoms with van der Waals surface area (Å²) >= 11 is 0. The summed E-state index contributed by atoms with van der Waals surface area (Å²) in [5.74, 6) is 1.72. The summed E-state index contributed by atoms with van der Waals surface area (Å²) in [5, 5.41) is 3.77. The van der Waals surface area contributed by atoms with E-state index in [0.717, 1.165) is 18.0 Å². The molecule has 2 bridgehead atoms. The summed E-state index contributed by atoms with van der Waals surface area (Å²) in [6.07, 6.45) is 3.86. The van der Waals surface area contributed by atoms with Gasteiger partial charge in [0.15, 0.2) is 18.1 Å². The molecule has 3 N–H and O–H groups in total. The van der Waals surface area contributed by atoms with Crippen LogP contribution in [0.25, 0.3) is 0 Å². The Morgan fingerprint density at radius 1 is 1.21 bits per heavy atom. The fourth-order valence-electron chi connectivity index (χ4n) is 5.08. The molecule has 3 rings (SSSR count). The third-order valence-electron chi connectivity index (χ3n) is 7.23. The minimum atomic E-state index is -0.544. The average molecular weight is 413 g/mol. The van der Waals surface area contributed by atoms with Gasteiger partial charge in [0.2, 0.25) is 5.75 Å². The Hall–Kier alpha value is -1.66. The number of fused-ring (bicyclic) bond motifs is 2. The molecule has 2 fully saturated rings. The van der Waals surface area contributed by atoms with Crippen molar-refractivity contribution in [2.24, 2.45) is 22.5 Å². The molecule has 28 heavy (non-hydrogen) atoms. The van der Waals surface area contributed by atoms with E-state index in [1.165, 1.54) is 19.3 Å². The second kappa shape index (κ2) is 8.37. The van der Waals surface area contributed by atoms with Crippen LogP contribution in [0, 0.1) is 16.7 Å². The lowest BCUT2D eigenvalue weighted by Crippen LogP contribution is -2.44. The number of halogens is 1. The number of carbonyl (C=O) groups is 1. The first-order chi connectivity index (χ1) is 12.7. The molecular weight excluding hydrogens is 380 g/mol. The zero-order valence-electron chi connectivity index (χ0n) is 17.5. The van der Waals surface area contributed by atoms with E-state index in [1.54, 1.807) is 14.2 Å². The maximum atomic E-state index is 11.0. The third kappa shape index (κ3) is 3.77. The highest BCUT2D eigenvalue weighted by atomic mass is 35.5. The first-order valence-electron chi connectivity index (χ1n) is 9.62. The van der Waals surface area contributed by atoms with Crippen molar-refractivity contribution in [1.29, 1.82) is 0 Å².